The maximum Gasteiger partial charge on any atom is 0.315 e. The predicted octanol–water partition coefficient (Wildman–Crippen LogP) is 3.38. The number of benzene rings is 1. The van der Waals surface area contributed by atoms with Crippen molar-refractivity contribution in [3.05, 3.63) is 33.8 Å². The second-order valence-corrected chi connectivity index (χ2v) is 6.00. The van der Waals surface area contributed by atoms with Gasteiger partial charge in [-0.05, 0) is 50.8 Å². The zero-order valence-electron chi connectivity index (χ0n) is 12.3. The lowest BCUT2D eigenvalue weighted by Crippen LogP contribution is -2.45. The molecule has 0 aromatic heterocycles. The van der Waals surface area contributed by atoms with E-state index in [-0.39, 0.29) is 24.7 Å². The van der Waals surface area contributed by atoms with Crippen LogP contribution in [-0.2, 0) is 6.42 Å². The van der Waals surface area contributed by atoms with Crippen molar-refractivity contribution < 1.29 is 9.90 Å². The first kappa shape index (κ1) is 18.1. The summed E-state index contributed by atoms with van der Waals surface area (Å²) in [7, 11) is 0. The summed E-state index contributed by atoms with van der Waals surface area (Å²) in [5.74, 6) is 0. The third kappa shape index (κ3) is 6.55. The molecule has 2 amide bonds. The van der Waals surface area contributed by atoms with Crippen LogP contribution in [-0.4, -0.2) is 29.8 Å². The van der Waals surface area contributed by atoms with Crippen molar-refractivity contribution in [2.45, 2.75) is 45.2 Å². The Morgan fingerprint density at radius 3 is 2.33 bits per heavy atom. The molecule has 0 radical (unpaired) electrons. The monoisotopic (exact) mass is 332 g/mol. The minimum atomic E-state index is -0.226. The summed E-state index contributed by atoms with van der Waals surface area (Å²) in [5.41, 5.74) is 0.835. The van der Waals surface area contributed by atoms with Crippen molar-refractivity contribution in [2.75, 3.05) is 6.61 Å². The summed E-state index contributed by atoms with van der Waals surface area (Å²) in [5, 5.41) is 15.7. The lowest BCUT2D eigenvalue weighted by molar-refractivity contribution is 0.231. The van der Waals surface area contributed by atoms with Crippen LogP contribution < -0.4 is 10.6 Å². The van der Waals surface area contributed by atoms with Crippen LogP contribution in [0.25, 0.3) is 0 Å². The second kappa shape index (κ2) is 9.13. The highest BCUT2D eigenvalue weighted by molar-refractivity contribution is 6.36. The molecule has 0 bridgehead atoms. The molecule has 0 saturated heterocycles. The molecule has 0 aliphatic carbocycles. The average Bonchev–Trinajstić information content (AvgIpc) is 2.40. The van der Waals surface area contributed by atoms with Gasteiger partial charge in [-0.25, -0.2) is 4.79 Å². The van der Waals surface area contributed by atoms with Gasteiger partial charge < -0.3 is 15.7 Å². The summed E-state index contributed by atoms with van der Waals surface area (Å²) in [4.78, 5) is 11.8. The van der Waals surface area contributed by atoms with Crippen LogP contribution in [0.5, 0.6) is 0 Å². The van der Waals surface area contributed by atoms with Gasteiger partial charge in [-0.2, -0.15) is 0 Å². The SMILES string of the molecule is CC(CCCO)NC(=O)NC(C)Cc1c(Cl)cccc1Cl. The summed E-state index contributed by atoms with van der Waals surface area (Å²) < 4.78 is 0. The Hall–Kier alpha value is -0.970. The van der Waals surface area contributed by atoms with Crippen LogP contribution in [0.1, 0.15) is 32.3 Å². The first-order valence-electron chi connectivity index (χ1n) is 7.04. The number of carbonyl (C=O) groups excluding carboxylic acids is 1. The van der Waals surface area contributed by atoms with Crippen LogP contribution in [0.15, 0.2) is 18.2 Å². The highest BCUT2D eigenvalue weighted by Gasteiger charge is 2.13. The number of hydrogen-bond donors (Lipinski definition) is 3. The molecule has 0 fully saturated rings. The first-order valence-corrected chi connectivity index (χ1v) is 7.80. The van der Waals surface area contributed by atoms with E-state index in [9.17, 15) is 4.79 Å². The molecule has 6 heteroatoms. The van der Waals surface area contributed by atoms with Crippen molar-refractivity contribution in [1.29, 1.82) is 0 Å². The molecular formula is C15H22Cl2N2O2. The van der Waals surface area contributed by atoms with Crippen molar-refractivity contribution in [1.82, 2.24) is 10.6 Å². The molecule has 118 valence electrons. The Balaban J connectivity index is 2.46. The van der Waals surface area contributed by atoms with E-state index in [0.717, 1.165) is 12.0 Å². The number of aliphatic hydroxyl groups is 1. The fourth-order valence-corrected chi connectivity index (χ4v) is 2.60. The standard InChI is InChI=1S/C15H22Cl2N2O2/c1-10(5-4-8-20)18-15(21)19-11(2)9-12-13(16)6-3-7-14(12)17/h3,6-7,10-11,20H,4-5,8-9H2,1-2H3,(H2,18,19,21). The Labute approximate surface area is 135 Å². The maximum absolute atomic E-state index is 11.8. The lowest BCUT2D eigenvalue weighted by Gasteiger charge is -2.19. The van der Waals surface area contributed by atoms with Gasteiger partial charge in [0.15, 0.2) is 0 Å². The largest absolute Gasteiger partial charge is 0.396 e. The smallest absolute Gasteiger partial charge is 0.315 e. The molecule has 0 heterocycles. The zero-order valence-corrected chi connectivity index (χ0v) is 13.8. The van der Waals surface area contributed by atoms with E-state index in [0.29, 0.717) is 22.9 Å². The Morgan fingerprint density at radius 1 is 1.19 bits per heavy atom. The highest BCUT2D eigenvalue weighted by atomic mass is 35.5. The minimum absolute atomic E-state index is 0.0215. The molecule has 21 heavy (non-hydrogen) atoms. The normalized spacial score (nSPS) is 13.6. The number of rotatable bonds is 7. The van der Waals surface area contributed by atoms with Crippen LogP contribution in [0.3, 0.4) is 0 Å². The van der Waals surface area contributed by atoms with E-state index in [1.165, 1.54) is 0 Å². The fraction of sp³-hybridized carbons (Fsp3) is 0.533. The van der Waals surface area contributed by atoms with E-state index in [1.807, 2.05) is 13.8 Å². The Kier molecular flexibility index (Phi) is 7.86. The topological polar surface area (TPSA) is 61.4 Å². The molecule has 2 unspecified atom stereocenters. The molecule has 3 N–H and O–H groups in total. The number of amides is 2. The third-order valence-electron chi connectivity index (χ3n) is 3.12. The van der Waals surface area contributed by atoms with E-state index >= 15 is 0 Å². The van der Waals surface area contributed by atoms with Crippen molar-refractivity contribution >= 4 is 29.2 Å². The highest BCUT2D eigenvalue weighted by Crippen LogP contribution is 2.25. The summed E-state index contributed by atoms with van der Waals surface area (Å²) in [6.07, 6.45) is 1.98. The van der Waals surface area contributed by atoms with Crippen LogP contribution in [0.4, 0.5) is 4.79 Å². The molecular weight excluding hydrogens is 311 g/mol. The molecule has 1 aromatic carbocycles. The lowest BCUT2D eigenvalue weighted by atomic mass is 10.1. The number of carbonyl (C=O) groups is 1. The predicted molar refractivity (Wildman–Crippen MR) is 87.1 cm³/mol. The van der Waals surface area contributed by atoms with Gasteiger partial charge in [0.1, 0.15) is 0 Å². The fourth-order valence-electron chi connectivity index (χ4n) is 2.04. The van der Waals surface area contributed by atoms with Gasteiger partial charge in [0, 0.05) is 28.7 Å². The van der Waals surface area contributed by atoms with Gasteiger partial charge in [-0.15, -0.1) is 0 Å². The average molecular weight is 333 g/mol. The summed E-state index contributed by atoms with van der Waals surface area (Å²) in [6.45, 7) is 3.94. The Morgan fingerprint density at radius 2 is 1.76 bits per heavy atom. The molecule has 0 saturated carbocycles. The van der Waals surface area contributed by atoms with E-state index < -0.39 is 0 Å². The molecule has 0 aliphatic rings. The third-order valence-corrected chi connectivity index (χ3v) is 3.83. The van der Waals surface area contributed by atoms with Gasteiger partial charge in [0.2, 0.25) is 0 Å². The molecule has 1 aromatic rings. The number of hydrogen-bond acceptors (Lipinski definition) is 2. The van der Waals surface area contributed by atoms with Crippen LogP contribution in [0, 0.1) is 0 Å². The van der Waals surface area contributed by atoms with Gasteiger partial charge in [-0.3, -0.25) is 0 Å². The van der Waals surface area contributed by atoms with E-state index in [4.69, 9.17) is 28.3 Å². The summed E-state index contributed by atoms with van der Waals surface area (Å²) in [6, 6.07) is 5.07. The van der Waals surface area contributed by atoms with Gasteiger partial charge in [-0.1, -0.05) is 29.3 Å². The first-order chi connectivity index (χ1) is 9.93. The zero-order chi connectivity index (χ0) is 15.8. The number of nitrogens with one attached hydrogen (secondary N) is 2. The summed E-state index contributed by atoms with van der Waals surface area (Å²) >= 11 is 12.2. The van der Waals surface area contributed by atoms with Crippen LogP contribution in [0.2, 0.25) is 10.0 Å². The van der Waals surface area contributed by atoms with Crippen molar-refractivity contribution in [3.63, 3.8) is 0 Å². The van der Waals surface area contributed by atoms with Crippen molar-refractivity contribution in [3.8, 4) is 0 Å². The minimum Gasteiger partial charge on any atom is -0.396 e. The van der Waals surface area contributed by atoms with Gasteiger partial charge in [0.25, 0.3) is 0 Å². The second-order valence-electron chi connectivity index (χ2n) is 5.19. The maximum atomic E-state index is 11.8. The van der Waals surface area contributed by atoms with Gasteiger partial charge in [0.05, 0.1) is 0 Å². The molecule has 0 spiro atoms. The quantitative estimate of drug-likeness (QED) is 0.716. The number of urea groups is 1. The molecule has 2 atom stereocenters. The van der Waals surface area contributed by atoms with Crippen LogP contribution >= 0.6 is 23.2 Å². The Bertz CT molecular complexity index is 449. The molecule has 1 rings (SSSR count). The van der Waals surface area contributed by atoms with Gasteiger partial charge >= 0.3 is 6.03 Å². The van der Waals surface area contributed by atoms with E-state index in [2.05, 4.69) is 10.6 Å². The molecule has 0 aliphatic heterocycles. The molecule has 4 nitrogen and oxygen atoms in total. The number of halogens is 2. The van der Waals surface area contributed by atoms with Crippen molar-refractivity contribution in [2.24, 2.45) is 0 Å². The van der Waals surface area contributed by atoms with E-state index in [1.54, 1.807) is 18.2 Å². The number of aliphatic hydroxyl groups excluding tert-OH is 1.